The number of methoxy groups -OCH3 is 1. The number of benzene rings is 1. The fraction of sp³-hybridized carbons (Fsp3) is 0.600. The highest BCUT2D eigenvalue weighted by molar-refractivity contribution is 5.77. The van der Waals surface area contributed by atoms with E-state index in [0.717, 1.165) is 74.5 Å². The number of unbranched alkanes of at least 4 members (excludes halogenated alkanes) is 2. The summed E-state index contributed by atoms with van der Waals surface area (Å²) in [7, 11) is 1.63. The molecule has 2 atom stereocenters. The molecule has 0 amide bonds. The molecular formula is C30H41N3O4. The topological polar surface area (TPSA) is 83.9 Å². The summed E-state index contributed by atoms with van der Waals surface area (Å²) in [6.45, 7) is 3.09. The van der Waals surface area contributed by atoms with Gasteiger partial charge in [0.2, 0.25) is 0 Å². The van der Waals surface area contributed by atoms with E-state index in [1.807, 2.05) is 17.0 Å². The highest BCUT2D eigenvalue weighted by atomic mass is 16.5. The zero-order valence-corrected chi connectivity index (χ0v) is 22.1. The number of nitrogens with zero attached hydrogens (tertiary/aromatic N) is 2. The first-order chi connectivity index (χ1) is 18.1. The number of aromatic nitrogens is 1. The summed E-state index contributed by atoms with van der Waals surface area (Å²) in [5.41, 5.74) is 4.47. The maximum atomic E-state index is 12.3. The van der Waals surface area contributed by atoms with Gasteiger partial charge in [0.25, 0.3) is 0 Å². The Hall–Kier alpha value is -2.64. The molecule has 0 unspecified atom stereocenters. The number of pyridine rings is 1. The van der Waals surface area contributed by atoms with E-state index in [2.05, 4.69) is 23.5 Å². The average Bonchev–Trinajstić information content (AvgIpc) is 3.61. The van der Waals surface area contributed by atoms with Gasteiger partial charge in [-0.1, -0.05) is 24.6 Å². The maximum absolute atomic E-state index is 12.3. The Bertz CT molecular complexity index is 1070. The largest absolute Gasteiger partial charge is 0.496 e. The van der Waals surface area contributed by atoms with Crippen molar-refractivity contribution < 1.29 is 19.4 Å². The third-order valence-electron chi connectivity index (χ3n) is 7.97. The van der Waals surface area contributed by atoms with Crippen LogP contribution in [0.1, 0.15) is 73.4 Å². The Morgan fingerprint density at radius 1 is 1.19 bits per heavy atom. The molecule has 1 aliphatic carbocycles. The predicted octanol–water partition coefficient (Wildman–Crippen LogP) is 5.03. The van der Waals surface area contributed by atoms with Crippen molar-refractivity contribution in [1.29, 1.82) is 0 Å². The van der Waals surface area contributed by atoms with Gasteiger partial charge in [-0.3, -0.25) is 9.69 Å². The molecule has 1 saturated heterocycles. The summed E-state index contributed by atoms with van der Waals surface area (Å²) in [4.78, 5) is 19.1. The molecule has 0 spiro atoms. The first-order valence-electron chi connectivity index (χ1n) is 14.1. The van der Waals surface area contributed by atoms with E-state index in [1.165, 1.54) is 30.4 Å². The molecule has 2 aromatic rings. The molecule has 7 heteroatoms. The van der Waals surface area contributed by atoms with Gasteiger partial charge in [0.15, 0.2) is 0 Å². The van der Waals surface area contributed by atoms with Crippen molar-refractivity contribution in [2.24, 2.45) is 5.92 Å². The monoisotopic (exact) mass is 507 g/mol. The van der Waals surface area contributed by atoms with Gasteiger partial charge in [0, 0.05) is 37.5 Å². The van der Waals surface area contributed by atoms with E-state index in [0.29, 0.717) is 25.4 Å². The molecule has 37 heavy (non-hydrogen) atoms. The Morgan fingerprint density at radius 2 is 2.08 bits per heavy atom. The first kappa shape index (κ1) is 26.0. The fourth-order valence-electron chi connectivity index (χ4n) is 5.72. The van der Waals surface area contributed by atoms with E-state index in [4.69, 9.17) is 14.5 Å². The molecule has 5 rings (SSSR count). The lowest BCUT2D eigenvalue weighted by molar-refractivity contribution is -0.143. The van der Waals surface area contributed by atoms with Crippen molar-refractivity contribution >= 4 is 11.8 Å². The van der Waals surface area contributed by atoms with Crippen molar-refractivity contribution in [3.8, 4) is 5.75 Å². The van der Waals surface area contributed by atoms with Crippen LogP contribution in [0.5, 0.6) is 5.75 Å². The van der Waals surface area contributed by atoms with Gasteiger partial charge in [-0.05, 0) is 87.0 Å². The molecule has 0 radical (unpaired) electrons. The normalized spacial score (nSPS) is 20.3. The van der Waals surface area contributed by atoms with Gasteiger partial charge < -0.3 is 19.9 Å². The number of carboxylic acid groups (broad SMARTS) is 1. The molecule has 0 bridgehead atoms. The molecule has 2 N–H and O–H groups in total. The fourth-order valence-corrected chi connectivity index (χ4v) is 5.72. The molecule has 2 fully saturated rings. The van der Waals surface area contributed by atoms with Gasteiger partial charge in [0.1, 0.15) is 17.6 Å². The lowest BCUT2D eigenvalue weighted by atomic mass is 10.00. The number of ether oxygens (including phenoxy) is 2. The molecule has 1 aromatic heterocycles. The minimum absolute atomic E-state index is 0.0790. The number of carboxylic acids is 1. The average molecular weight is 508 g/mol. The Kier molecular flexibility index (Phi) is 8.62. The zero-order valence-electron chi connectivity index (χ0n) is 22.1. The van der Waals surface area contributed by atoms with Crippen molar-refractivity contribution in [2.75, 3.05) is 38.7 Å². The number of anilines is 1. The SMILES string of the molecule is COc1cc(CC2CC2)ccc1[C@@H](C(=O)O)N1CC[C@@H](OCCCCCc2ccc3c(n2)NCCC3)C1. The third-order valence-corrected chi connectivity index (χ3v) is 7.97. The minimum Gasteiger partial charge on any atom is -0.496 e. The standard InChI is InChI=1S/C30H41N3O4/c1-36-27-19-22(18-21-8-9-21)10-13-26(27)28(30(34)35)33-16-14-25(20-33)37-17-4-2-3-7-24-12-11-23-6-5-15-31-29(23)32-24/h10-13,19,21,25,28H,2-9,14-18,20H2,1H3,(H,31,32)(H,34,35)/t25-,28+/m1/s1. The van der Waals surface area contributed by atoms with E-state index < -0.39 is 12.0 Å². The summed E-state index contributed by atoms with van der Waals surface area (Å²) < 4.78 is 11.8. The number of likely N-dealkylation sites (tertiary alicyclic amines) is 1. The summed E-state index contributed by atoms with van der Waals surface area (Å²) in [5.74, 6) is 1.70. The van der Waals surface area contributed by atoms with Gasteiger partial charge in [-0.15, -0.1) is 0 Å². The number of rotatable bonds is 13. The van der Waals surface area contributed by atoms with Crippen LogP contribution in [0.3, 0.4) is 0 Å². The number of fused-ring (bicyclic) bond motifs is 1. The summed E-state index contributed by atoms with van der Waals surface area (Å²) >= 11 is 0. The minimum atomic E-state index is -0.833. The number of nitrogens with one attached hydrogen (secondary N) is 1. The number of hydrogen-bond acceptors (Lipinski definition) is 6. The first-order valence-corrected chi connectivity index (χ1v) is 14.1. The van der Waals surface area contributed by atoms with E-state index >= 15 is 0 Å². The predicted molar refractivity (Wildman–Crippen MR) is 144 cm³/mol. The second-order valence-corrected chi connectivity index (χ2v) is 10.9. The zero-order chi connectivity index (χ0) is 25.6. The van der Waals surface area contributed by atoms with Crippen LogP contribution >= 0.6 is 0 Å². The molecule has 1 saturated carbocycles. The van der Waals surface area contributed by atoms with Crippen molar-refractivity contribution in [1.82, 2.24) is 9.88 Å². The highest BCUT2D eigenvalue weighted by Crippen LogP contribution is 2.37. The third kappa shape index (κ3) is 6.82. The Balaban J connectivity index is 1.06. The summed E-state index contributed by atoms with van der Waals surface area (Å²) in [6, 6.07) is 9.75. The van der Waals surface area contributed by atoms with Crippen molar-refractivity contribution in [3.05, 3.63) is 52.7 Å². The lowest BCUT2D eigenvalue weighted by Crippen LogP contribution is -2.33. The van der Waals surface area contributed by atoms with Crippen LogP contribution in [-0.2, 0) is 28.8 Å². The molecule has 1 aromatic carbocycles. The van der Waals surface area contributed by atoms with Crippen LogP contribution in [0.25, 0.3) is 0 Å². The molecule has 2 aliphatic heterocycles. The van der Waals surface area contributed by atoms with Gasteiger partial charge in [-0.25, -0.2) is 4.98 Å². The smallest absolute Gasteiger partial charge is 0.325 e. The highest BCUT2D eigenvalue weighted by Gasteiger charge is 2.36. The second-order valence-electron chi connectivity index (χ2n) is 10.9. The van der Waals surface area contributed by atoms with Gasteiger partial charge in [-0.2, -0.15) is 0 Å². The van der Waals surface area contributed by atoms with Crippen LogP contribution in [0.15, 0.2) is 30.3 Å². The molecule has 3 heterocycles. The van der Waals surface area contributed by atoms with Crippen LogP contribution in [-0.4, -0.2) is 60.4 Å². The van der Waals surface area contributed by atoms with Gasteiger partial charge >= 0.3 is 5.97 Å². The number of aryl methyl sites for hydroxylation is 2. The van der Waals surface area contributed by atoms with E-state index in [1.54, 1.807) is 7.11 Å². The molecule has 200 valence electrons. The Morgan fingerprint density at radius 3 is 2.89 bits per heavy atom. The number of aliphatic carboxylic acids is 1. The number of hydrogen-bond donors (Lipinski definition) is 2. The Labute approximate surface area is 220 Å². The molecule has 7 nitrogen and oxygen atoms in total. The van der Waals surface area contributed by atoms with E-state index in [-0.39, 0.29) is 6.10 Å². The van der Waals surface area contributed by atoms with E-state index in [9.17, 15) is 9.90 Å². The summed E-state index contributed by atoms with van der Waals surface area (Å²) in [5, 5.41) is 13.5. The van der Waals surface area contributed by atoms with Crippen LogP contribution in [0.2, 0.25) is 0 Å². The maximum Gasteiger partial charge on any atom is 0.325 e. The number of carbonyl (C=O) groups is 1. The quantitative estimate of drug-likeness (QED) is 0.368. The lowest BCUT2D eigenvalue weighted by Gasteiger charge is -2.26. The van der Waals surface area contributed by atoms with Crippen LogP contribution < -0.4 is 10.1 Å². The van der Waals surface area contributed by atoms with Crippen LogP contribution in [0.4, 0.5) is 5.82 Å². The molecule has 3 aliphatic rings. The summed E-state index contributed by atoms with van der Waals surface area (Å²) in [6.07, 6.45) is 11.1. The second kappa shape index (κ2) is 12.3. The molecular weight excluding hydrogens is 466 g/mol. The van der Waals surface area contributed by atoms with Gasteiger partial charge in [0.05, 0.1) is 13.2 Å². The van der Waals surface area contributed by atoms with Crippen molar-refractivity contribution in [3.63, 3.8) is 0 Å². The van der Waals surface area contributed by atoms with Crippen LogP contribution in [0, 0.1) is 5.92 Å². The van der Waals surface area contributed by atoms with Crippen molar-refractivity contribution in [2.45, 2.75) is 76.4 Å².